The molecule has 2 aromatic rings. The second-order valence-electron chi connectivity index (χ2n) is 6.13. The molecule has 2 amide bonds. The van der Waals surface area contributed by atoms with Crippen LogP contribution in [0, 0.1) is 13.8 Å². The largest absolute Gasteiger partial charge is 0.483 e. The molecule has 1 aromatic heterocycles. The second-order valence-corrected chi connectivity index (χ2v) is 7.02. The van der Waals surface area contributed by atoms with E-state index in [-0.39, 0.29) is 18.4 Å². The molecule has 3 rings (SSSR count). The molecule has 0 saturated carbocycles. The van der Waals surface area contributed by atoms with Gasteiger partial charge in [-0.2, -0.15) is 0 Å². The molecule has 1 aromatic carbocycles. The summed E-state index contributed by atoms with van der Waals surface area (Å²) in [4.78, 5) is 30.6. The Hall–Kier alpha value is -2.41. The number of amides is 2. The van der Waals surface area contributed by atoms with Crippen molar-refractivity contribution in [1.29, 1.82) is 0 Å². The van der Waals surface area contributed by atoms with Gasteiger partial charge in [0.25, 0.3) is 5.91 Å². The van der Waals surface area contributed by atoms with Gasteiger partial charge in [-0.05, 0) is 38.3 Å². The average molecular weight is 359 g/mol. The summed E-state index contributed by atoms with van der Waals surface area (Å²) in [6, 6.07) is 5.38. The molecule has 132 valence electrons. The number of carbonyl (C=O) groups is 2. The Labute approximate surface area is 150 Å². The van der Waals surface area contributed by atoms with Gasteiger partial charge in [0.1, 0.15) is 11.8 Å². The van der Waals surface area contributed by atoms with E-state index in [1.807, 2.05) is 32.0 Å². The zero-order valence-electron chi connectivity index (χ0n) is 14.3. The van der Waals surface area contributed by atoms with Gasteiger partial charge in [-0.25, -0.2) is 4.98 Å². The number of hydrogen-bond acceptors (Lipinski definition) is 5. The summed E-state index contributed by atoms with van der Waals surface area (Å²) in [5.74, 6) is 0.339. The summed E-state index contributed by atoms with van der Waals surface area (Å²) in [7, 11) is 0. The Morgan fingerprint density at radius 3 is 2.96 bits per heavy atom. The fourth-order valence-electron chi connectivity index (χ4n) is 3.00. The third kappa shape index (κ3) is 4.17. The number of thiazole rings is 1. The van der Waals surface area contributed by atoms with Crippen LogP contribution >= 0.6 is 11.3 Å². The van der Waals surface area contributed by atoms with Crippen molar-refractivity contribution in [2.75, 3.05) is 18.5 Å². The SMILES string of the molecule is Cc1ccc(OCC(=O)N2CCCC2C(=O)Nc2nccs2)c(C)c1. The Balaban J connectivity index is 1.59. The first-order valence-electron chi connectivity index (χ1n) is 8.24. The minimum atomic E-state index is -0.459. The Morgan fingerprint density at radius 1 is 1.40 bits per heavy atom. The van der Waals surface area contributed by atoms with Gasteiger partial charge in [-0.3, -0.25) is 9.59 Å². The van der Waals surface area contributed by atoms with Gasteiger partial charge in [0.2, 0.25) is 5.91 Å². The Morgan fingerprint density at radius 2 is 2.24 bits per heavy atom. The summed E-state index contributed by atoms with van der Waals surface area (Å²) in [6.07, 6.45) is 3.10. The summed E-state index contributed by atoms with van der Waals surface area (Å²) >= 11 is 1.36. The maximum absolute atomic E-state index is 12.5. The zero-order chi connectivity index (χ0) is 17.8. The minimum absolute atomic E-state index is 0.0646. The van der Waals surface area contributed by atoms with Crippen LogP contribution in [0.25, 0.3) is 0 Å². The molecule has 0 bridgehead atoms. The number of carbonyl (C=O) groups excluding carboxylic acids is 2. The molecule has 1 saturated heterocycles. The Bertz CT molecular complexity index is 761. The number of ether oxygens (including phenoxy) is 1. The molecule has 6 nitrogen and oxygen atoms in total. The molecule has 1 fully saturated rings. The van der Waals surface area contributed by atoms with Crippen molar-refractivity contribution in [3.63, 3.8) is 0 Å². The molecule has 0 aliphatic carbocycles. The van der Waals surface area contributed by atoms with Crippen LogP contribution in [0.15, 0.2) is 29.8 Å². The van der Waals surface area contributed by atoms with E-state index in [0.29, 0.717) is 23.8 Å². The molecule has 1 N–H and O–H groups in total. The number of nitrogens with one attached hydrogen (secondary N) is 1. The molecule has 1 aliphatic heterocycles. The minimum Gasteiger partial charge on any atom is -0.483 e. The monoisotopic (exact) mass is 359 g/mol. The van der Waals surface area contributed by atoms with Crippen molar-refractivity contribution in [1.82, 2.24) is 9.88 Å². The highest BCUT2D eigenvalue weighted by Gasteiger charge is 2.34. The standard InChI is InChI=1S/C18H21N3O3S/c1-12-5-6-15(13(2)10-12)24-11-16(22)21-8-3-4-14(21)17(23)20-18-19-7-9-25-18/h5-7,9-10,14H,3-4,8,11H2,1-2H3,(H,19,20,23). The molecule has 1 aliphatic rings. The van der Waals surface area contributed by atoms with E-state index in [4.69, 9.17) is 4.74 Å². The lowest BCUT2D eigenvalue weighted by molar-refractivity contribution is -0.138. The molecule has 25 heavy (non-hydrogen) atoms. The quantitative estimate of drug-likeness (QED) is 0.891. The highest BCUT2D eigenvalue weighted by molar-refractivity contribution is 7.13. The van der Waals surface area contributed by atoms with Crippen LogP contribution in [0.4, 0.5) is 5.13 Å². The third-order valence-corrected chi connectivity index (χ3v) is 4.91. The summed E-state index contributed by atoms with van der Waals surface area (Å²) in [6.45, 7) is 4.47. The maximum Gasteiger partial charge on any atom is 0.261 e. The van der Waals surface area contributed by atoms with Crippen molar-refractivity contribution in [3.05, 3.63) is 40.9 Å². The van der Waals surface area contributed by atoms with Gasteiger partial charge in [0.05, 0.1) is 0 Å². The number of likely N-dealkylation sites (tertiary alicyclic amines) is 1. The predicted octanol–water partition coefficient (Wildman–Crippen LogP) is 2.77. The van der Waals surface area contributed by atoms with Crippen molar-refractivity contribution in [2.24, 2.45) is 0 Å². The number of anilines is 1. The summed E-state index contributed by atoms with van der Waals surface area (Å²) in [5.41, 5.74) is 2.14. The Kier molecular flexibility index (Phi) is 5.33. The molecule has 1 atom stereocenters. The molecular weight excluding hydrogens is 338 g/mol. The average Bonchev–Trinajstić information content (AvgIpc) is 3.25. The van der Waals surface area contributed by atoms with Crippen LogP contribution in [-0.4, -0.2) is 40.9 Å². The van der Waals surface area contributed by atoms with Crippen molar-refractivity contribution in [3.8, 4) is 5.75 Å². The van der Waals surface area contributed by atoms with Crippen LogP contribution < -0.4 is 10.1 Å². The molecule has 0 spiro atoms. The van der Waals surface area contributed by atoms with E-state index in [9.17, 15) is 9.59 Å². The highest BCUT2D eigenvalue weighted by atomic mass is 32.1. The lowest BCUT2D eigenvalue weighted by Gasteiger charge is -2.23. The number of hydrogen-bond donors (Lipinski definition) is 1. The van der Waals surface area contributed by atoms with Gasteiger partial charge in [0, 0.05) is 18.1 Å². The number of benzene rings is 1. The van der Waals surface area contributed by atoms with Crippen molar-refractivity contribution < 1.29 is 14.3 Å². The molecule has 7 heteroatoms. The van der Waals surface area contributed by atoms with Gasteiger partial charge in [-0.15, -0.1) is 11.3 Å². The zero-order valence-corrected chi connectivity index (χ0v) is 15.1. The van der Waals surface area contributed by atoms with Gasteiger partial charge in [-0.1, -0.05) is 17.7 Å². The van der Waals surface area contributed by atoms with Crippen LogP contribution in [-0.2, 0) is 9.59 Å². The fourth-order valence-corrected chi connectivity index (χ4v) is 3.53. The van der Waals surface area contributed by atoms with Gasteiger partial charge in [0.15, 0.2) is 11.7 Å². The molecule has 1 unspecified atom stereocenters. The number of aromatic nitrogens is 1. The maximum atomic E-state index is 12.5. The van der Waals surface area contributed by atoms with E-state index < -0.39 is 6.04 Å². The first-order valence-corrected chi connectivity index (χ1v) is 9.12. The lowest BCUT2D eigenvalue weighted by Crippen LogP contribution is -2.45. The van der Waals surface area contributed by atoms with E-state index in [1.54, 1.807) is 16.5 Å². The number of rotatable bonds is 5. The van der Waals surface area contributed by atoms with Crippen molar-refractivity contribution in [2.45, 2.75) is 32.7 Å². The first-order chi connectivity index (χ1) is 12.0. The first kappa shape index (κ1) is 17.4. The molecular formula is C18H21N3O3S. The lowest BCUT2D eigenvalue weighted by atomic mass is 10.1. The fraction of sp³-hybridized carbons (Fsp3) is 0.389. The van der Waals surface area contributed by atoms with Gasteiger partial charge < -0.3 is 15.0 Å². The number of nitrogens with zero attached hydrogens (tertiary/aromatic N) is 2. The van der Waals surface area contributed by atoms with Gasteiger partial charge >= 0.3 is 0 Å². The summed E-state index contributed by atoms with van der Waals surface area (Å²) in [5, 5.41) is 5.12. The van der Waals surface area contributed by atoms with Crippen LogP contribution in [0.5, 0.6) is 5.75 Å². The van der Waals surface area contributed by atoms with Crippen LogP contribution in [0.3, 0.4) is 0 Å². The topological polar surface area (TPSA) is 71.5 Å². The smallest absolute Gasteiger partial charge is 0.261 e. The van der Waals surface area contributed by atoms with E-state index >= 15 is 0 Å². The van der Waals surface area contributed by atoms with Crippen molar-refractivity contribution >= 4 is 28.3 Å². The van der Waals surface area contributed by atoms with E-state index in [2.05, 4.69) is 10.3 Å². The highest BCUT2D eigenvalue weighted by Crippen LogP contribution is 2.22. The van der Waals surface area contributed by atoms with E-state index in [0.717, 1.165) is 17.5 Å². The van der Waals surface area contributed by atoms with Crippen LogP contribution in [0.2, 0.25) is 0 Å². The third-order valence-electron chi connectivity index (χ3n) is 4.22. The van der Waals surface area contributed by atoms with Crippen LogP contribution in [0.1, 0.15) is 24.0 Å². The molecule has 2 heterocycles. The number of aryl methyl sites for hydroxylation is 2. The normalized spacial score (nSPS) is 16.7. The summed E-state index contributed by atoms with van der Waals surface area (Å²) < 4.78 is 5.67. The predicted molar refractivity (Wildman–Crippen MR) is 96.9 cm³/mol. The second kappa shape index (κ2) is 7.65. The van der Waals surface area contributed by atoms with E-state index in [1.165, 1.54) is 11.3 Å². The molecule has 0 radical (unpaired) electrons.